The Morgan fingerprint density at radius 2 is 0.672 bits per heavy atom. The van der Waals surface area contributed by atoms with Gasteiger partial charge in [0.15, 0.2) is 0 Å². The number of rotatable bonds is 4. The molecular formula is C60H34O. The summed E-state index contributed by atoms with van der Waals surface area (Å²) in [4.78, 5) is 0. The molecule has 0 N–H and O–H groups in total. The zero-order chi connectivity index (χ0) is 39.8. The molecule has 14 rings (SSSR count). The molecule has 1 heterocycles. The zero-order valence-corrected chi connectivity index (χ0v) is 33.0. The Balaban J connectivity index is 1.09. The van der Waals surface area contributed by atoms with Gasteiger partial charge in [-0.2, -0.15) is 0 Å². The van der Waals surface area contributed by atoms with Gasteiger partial charge in [-0.3, -0.25) is 0 Å². The number of benzene rings is 13. The Bertz CT molecular complexity index is 4050. The largest absolute Gasteiger partial charge is 0.455 e. The van der Waals surface area contributed by atoms with Gasteiger partial charge >= 0.3 is 0 Å². The van der Waals surface area contributed by atoms with Crippen LogP contribution >= 0.6 is 0 Å². The molecule has 0 aliphatic heterocycles. The second-order valence-corrected chi connectivity index (χ2v) is 16.7. The second-order valence-electron chi connectivity index (χ2n) is 16.7. The number of fused-ring (bicyclic) bond motifs is 6. The first-order valence-electron chi connectivity index (χ1n) is 21.2. The van der Waals surface area contributed by atoms with Crippen LogP contribution in [0.1, 0.15) is 0 Å². The molecule has 1 aromatic heterocycles. The van der Waals surface area contributed by atoms with Gasteiger partial charge < -0.3 is 4.42 Å². The average molecular weight is 771 g/mol. The highest BCUT2D eigenvalue weighted by atomic mass is 16.3. The van der Waals surface area contributed by atoms with E-state index in [-0.39, 0.29) is 0 Å². The Morgan fingerprint density at radius 1 is 0.246 bits per heavy atom. The van der Waals surface area contributed by atoms with Crippen LogP contribution in [-0.4, -0.2) is 0 Å². The summed E-state index contributed by atoms with van der Waals surface area (Å²) in [7, 11) is 0. The molecule has 1 heteroatoms. The lowest BCUT2D eigenvalue weighted by Gasteiger charge is -2.16. The van der Waals surface area contributed by atoms with Crippen LogP contribution in [0, 0.1) is 0 Å². The van der Waals surface area contributed by atoms with E-state index in [2.05, 4.69) is 206 Å². The van der Waals surface area contributed by atoms with Gasteiger partial charge in [0, 0.05) is 21.9 Å². The third-order valence-corrected chi connectivity index (χ3v) is 13.5. The third kappa shape index (κ3) is 4.61. The fourth-order valence-electron chi connectivity index (χ4n) is 10.8. The third-order valence-electron chi connectivity index (χ3n) is 13.5. The Morgan fingerprint density at radius 3 is 1.21 bits per heavy atom. The van der Waals surface area contributed by atoms with Gasteiger partial charge in [0.05, 0.1) is 0 Å². The van der Waals surface area contributed by atoms with E-state index in [0.717, 1.165) is 38.8 Å². The maximum Gasteiger partial charge on any atom is 0.143 e. The van der Waals surface area contributed by atoms with Gasteiger partial charge in [-0.05, 0) is 121 Å². The molecule has 13 aromatic carbocycles. The molecule has 0 fully saturated rings. The minimum atomic E-state index is 0.886. The van der Waals surface area contributed by atoms with E-state index in [1.165, 1.54) is 103 Å². The first kappa shape index (κ1) is 32.9. The molecule has 0 aliphatic rings. The van der Waals surface area contributed by atoms with E-state index in [9.17, 15) is 0 Å². The van der Waals surface area contributed by atoms with Gasteiger partial charge in [0.2, 0.25) is 0 Å². The van der Waals surface area contributed by atoms with Gasteiger partial charge in [-0.25, -0.2) is 0 Å². The predicted octanol–water partition coefficient (Wildman–Crippen LogP) is 17.2. The highest BCUT2D eigenvalue weighted by Crippen LogP contribution is 2.50. The van der Waals surface area contributed by atoms with Crippen molar-refractivity contribution in [2.75, 3.05) is 0 Å². The summed E-state index contributed by atoms with van der Waals surface area (Å²) in [6, 6.07) is 76.2. The maximum atomic E-state index is 7.32. The smallest absolute Gasteiger partial charge is 0.143 e. The standard InChI is InChI=1S/C60H34O/c1-3-9-35(10-4-1)57-58-51-33-43(45-27-21-40-19-17-36-13-7-15-38-23-31-49(45)55(40)53(36)38)25-29-47(51)48-30-26-44(34-52(48)60(58)61-59(57)42-11-5-2-6-12-42)46-28-22-41-20-18-37-14-8-16-39-24-32-50(46)56(41)54(37)39/h1-34H. The molecule has 0 spiro atoms. The molecule has 0 bridgehead atoms. The van der Waals surface area contributed by atoms with Crippen molar-refractivity contribution in [1.29, 1.82) is 0 Å². The van der Waals surface area contributed by atoms with E-state index in [0.29, 0.717) is 0 Å². The normalized spacial score (nSPS) is 12.3. The van der Waals surface area contributed by atoms with E-state index in [4.69, 9.17) is 4.42 Å². The van der Waals surface area contributed by atoms with Crippen molar-refractivity contribution in [3.63, 3.8) is 0 Å². The fraction of sp³-hybridized carbons (Fsp3) is 0. The Hall–Kier alpha value is -8.00. The van der Waals surface area contributed by atoms with Crippen molar-refractivity contribution >= 4 is 97.1 Å². The monoisotopic (exact) mass is 770 g/mol. The van der Waals surface area contributed by atoms with Crippen LogP contribution in [0.5, 0.6) is 0 Å². The Kier molecular flexibility index (Phi) is 6.62. The fourth-order valence-corrected chi connectivity index (χ4v) is 10.8. The lowest BCUT2D eigenvalue weighted by molar-refractivity contribution is 0.636. The maximum absolute atomic E-state index is 7.32. The summed E-state index contributed by atoms with van der Waals surface area (Å²) in [6.45, 7) is 0. The summed E-state index contributed by atoms with van der Waals surface area (Å²) in [6.07, 6.45) is 0. The minimum absolute atomic E-state index is 0.886. The molecule has 0 atom stereocenters. The van der Waals surface area contributed by atoms with Gasteiger partial charge in [-0.15, -0.1) is 0 Å². The predicted molar refractivity (Wildman–Crippen MR) is 260 cm³/mol. The van der Waals surface area contributed by atoms with Crippen molar-refractivity contribution in [2.45, 2.75) is 0 Å². The molecule has 1 nitrogen and oxygen atoms in total. The zero-order valence-electron chi connectivity index (χ0n) is 33.0. The first-order chi connectivity index (χ1) is 30.2. The van der Waals surface area contributed by atoms with Crippen LogP contribution in [0.25, 0.3) is 142 Å². The molecule has 0 aliphatic carbocycles. The van der Waals surface area contributed by atoms with Crippen molar-refractivity contribution < 1.29 is 4.42 Å². The molecule has 280 valence electrons. The first-order valence-corrected chi connectivity index (χ1v) is 21.2. The molecule has 0 saturated heterocycles. The van der Waals surface area contributed by atoms with Crippen molar-refractivity contribution in [2.24, 2.45) is 0 Å². The van der Waals surface area contributed by atoms with Crippen molar-refractivity contribution in [3.05, 3.63) is 206 Å². The lowest BCUT2D eigenvalue weighted by atomic mass is 9.86. The molecule has 14 aromatic rings. The second kappa shape index (κ2) is 12.3. The molecule has 61 heavy (non-hydrogen) atoms. The average Bonchev–Trinajstić information content (AvgIpc) is 3.74. The molecule has 0 amide bonds. The number of hydrogen-bond donors (Lipinski definition) is 0. The summed E-state index contributed by atoms with van der Waals surface area (Å²) < 4.78 is 7.32. The highest BCUT2D eigenvalue weighted by molar-refractivity contribution is 6.31. The SMILES string of the molecule is c1ccc(-c2oc3c4cc(-c5ccc6ccc7cccc8ccc5c6c78)ccc4c4ccc(-c5ccc6ccc7cccc8ccc5c6c78)cc4c3c2-c2ccccc2)cc1. The molecule has 0 unspecified atom stereocenters. The quantitative estimate of drug-likeness (QED) is 0.162. The summed E-state index contributed by atoms with van der Waals surface area (Å²) in [5, 5.41) is 21.3. The van der Waals surface area contributed by atoms with Crippen LogP contribution in [-0.2, 0) is 0 Å². The molecular weight excluding hydrogens is 737 g/mol. The van der Waals surface area contributed by atoms with E-state index >= 15 is 0 Å². The minimum Gasteiger partial charge on any atom is -0.455 e. The van der Waals surface area contributed by atoms with Gasteiger partial charge in [0.1, 0.15) is 11.3 Å². The summed E-state index contributed by atoms with van der Waals surface area (Å²) >= 11 is 0. The number of furan rings is 1. The van der Waals surface area contributed by atoms with Crippen LogP contribution in [0.2, 0.25) is 0 Å². The summed E-state index contributed by atoms with van der Waals surface area (Å²) in [5.74, 6) is 0.886. The topological polar surface area (TPSA) is 13.1 Å². The summed E-state index contributed by atoms with van der Waals surface area (Å²) in [5.41, 5.74) is 9.05. The van der Waals surface area contributed by atoms with Gasteiger partial charge in [0.25, 0.3) is 0 Å². The van der Waals surface area contributed by atoms with Crippen LogP contribution < -0.4 is 0 Å². The van der Waals surface area contributed by atoms with Crippen LogP contribution in [0.3, 0.4) is 0 Å². The van der Waals surface area contributed by atoms with Gasteiger partial charge in [-0.1, -0.05) is 194 Å². The van der Waals surface area contributed by atoms with Crippen molar-refractivity contribution in [1.82, 2.24) is 0 Å². The van der Waals surface area contributed by atoms with Crippen LogP contribution in [0.15, 0.2) is 211 Å². The molecule has 0 saturated carbocycles. The highest BCUT2D eigenvalue weighted by Gasteiger charge is 2.24. The number of hydrogen-bond acceptors (Lipinski definition) is 1. The van der Waals surface area contributed by atoms with Crippen LogP contribution in [0.4, 0.5) is 0 Å². The van der Waals surface area contributed by atoms with E-state index < -0.39 is 0 Å². The lowest BCUT2D eigenvalue weighted by Crippen LogP contribution is -1.89. The van der Waals surface area contributed by atoms with Crippen molar-refractivity contribution in [3.8, 4) is 44.7 Å². The molecule has 0 radical (unpaired) electrons. The Labute approximate surface area is 351 Å². The van der Waals surface area contributed by atoms with E-state index in [1.807, 2.05) is 0 Å². The van der Waals surface area contributed by atoms with E-state index in [1.54, 1.807) is 0 Å².